The summed E-state index contributed by atoms with van der Waals surface area (Å²) in [5, 5.41) is 12.0. The van der Waals surface area contributed by atoms with Crippen molar-refractivity contribution in [2.24, 2.45) is 0 Å². The van der Waals surface area contributed by atoms with E-state index in [4.69, 9.17) is 0 Å². The Morgan fingerprint density at radius 1 is 1.10 bits per heavy atom. The molecule has 0 amide bonds. The van der Waals surface area contributed by atoms with Gasteiger partial charge in [-0.25, -0.2) is 0 Å². The van der Waals surface area contributed by atoms with Crippen molar-refractivity contribution in [3.8, 4) is 0 Å². The average Bonchev–Trinajstić information content (AvgIpc) is 2.31. The molecule has 122 valence electrons. The highest BCUT2D eigenvalue weighted by Gasteiger charge is 2.57. The Balaban J connectivity index is 4.40. The van der Waals surface area contributed by atoms with Crippen molar-refractivity contribution in [3.05, 3.63) is 0 Å². The summed E-state index contributed by atoms with van der Waals surface area (Å²) in [6.45, 7) is 0.802. The molecule has 0 aromatic carbocycles. The molecule has 0 aromatic rings. The summed E-state index contributed by atoms with van der Waals surface area (Å²) in [4.78, 5) is 0. The molecule has 20 heavy (non-hydrogen) atoms. The van der Waals surface area contributed by atoms with Crippen LogP contribution in [0.3, 0.4) is 0 Å². The molecule has 1 atom stereocenters. The van der Waals surface area contributed by atoms with Gasteiger partial charge in [0.25, 0.3) is 0 Å². The topological polar surface area (TPSA) is 41.5 Å². The molecule has 0 aliphatic heterocycles. The lowest BCUT2D eigenvalue weighted by atomic mass is 9.92. The minimum atomic E-state index is -5.49. The maximum absolute atomic E-state index is 12.2. The van der Waals surface area contributed by atoms with Crippen molar-refractivity contribution in [1.82, 2.24) is 5.32 Å². The number of ether oxygens (including phenoxy) is 1. The molecule has 0 aromatic heterocycles. The summed E-state index contributed by atoms with van der Waals surface area (Å²) in [6, 6.07) is 0. The van der Waals surface area contributed by atoms with Gasteiger partial charge in [-0.2, -0.15) is 26.3 Å². The first kappa shape index (κ1) is 19.5. The van der Waals surface area contributed by atoms with Crippen molar-refractivity contribution in [2.75, 3.05) is 20.3 Å². The number of likely N-dealkylation sites (N-methyl/N-ethyl adjacent to an activating group) is 1. The third kappa shape index (κ3) is 5.84. The van der Waals surface area contributed by atoms with Crippen molar-refractivity contribution in [2.45, 2.75) is 50.2 Å². The van der Waals surface area contributed by atoms with E-state index in [0.717, 1.165) is 0 Å². The zero-order valence-corrected chi connectivity index (χ0v) is 11.2. The van der Waals surface area contributed by atoms with Crippen LogP contribution in [-0.4, -0.2) is 49.4 Å². The Bertz CT molecular complexity index is 253. The third-order valence-corrected chi connectivity index (χ3v) is 3.19. The Labute approximate surface area is 113 Å². The highest BCUT2D eigenvalue weighted by atomic mass is 19.4. The lowest BCUT2D eigenvalue weighted by molar-refractivity contribution is -0.322. The lowest BCUT2D eigenvalue weighted by Crippen LogP contribution is -2.47. The number of aliphatic hydroxyl groups is 1. The van der Waals surface area contributed by atoms with Crippen LogP contribution in [0.4, 0.5) is 26.3 Å². The molecule has 0 saturated heterocycles. The fourth-order valence-electron chi connectivity index (χ4n) is 1.73. The Hall–Kier alpha value is -0.540. The van der Waals surface area contributed by atoms with Gasteiger partial charge in [-0.05, 0) is 26.3 Å². The van der Waals surface area contributed by atoms with Gasteiger partial charge in [0, 0.05) is 12.1 Å². The second-order valence-corrected chi connectivity index (χ2v) is 4.48. The molecule has 0 rings (SSSR count). The number of nitrogens with one attached hydrogen (secondary N) is 1. The molecular formula is C11H19F6NO2. The van der Waals surface area contributed by atoms with Gasteiger partial charge in [-0.1, -0.05) is 6.92 Å². The molecule has 0 radical (unpaired) electrons. The predicted octanol–water partition coefficient (Wildman–Crippen LogP) is 2.64. The van der Waals surface area contributed by atoms with Crippen LogP contribution in [0.5, 0.6) is 0 Å². The van der Waals surface area contributed by atoms with Crippen LogP contribution in [0.15, 0.2) is 0 Å². The van der Waals surface area contributed by atoms with E-state index in [9.17, 15) is 31.4 Å². The zero-order valence-electron chi connectivity index (χ0n) is 11.2. The summed E-state index contributed by atoms with van der Waals surface area (Å²) < 4.78 is 77.0. The normalized spacial score (nSPS) is 16.5. The Morgan fingerprint density at radius 3 is 1.90 bits per heavy atom. The van der Waals surface area contributed by atoms with Crippen LogP contribution in [0.2, 0.25) is 0 Å². The molecule has 9 heteroatoms. The van der Waals surface area contributed by atoms with Gasteiger partial charge in [-0.15, -0.1) is 0 Å². The van der Waals surface area contributed by atoms with E-state index in [1.54, 1.807) is 14.0 Å². The minimum absolute atomic E-state index is 0.0299. The fraction of sp³-hybridized carbons (Fsp3) is 1.00. The number of aliphatic hydroxyl groups excluding tert-OH is 1. The van der Waals surface area contributed by atoms with Gasteiger partial charge in [-0.3, -0.25) is 0 Å². The monoisotopic (exact) mass is 311 g/mol. The van der Waals surface area contributed by atoms with Gasteiger partial charge < -0.3 is 15.2 Å². The summed E-state index contributed by atoms with van der Waals surface area (Å²) >= 11 is 0. The number of hydrogen-bond acceptors (Lipinski definition) is 3. The van der Waals surface area contributed by atoms with Gasteiger partial charge >= 0.3 is 12.4 Å². The first-order chi connectivity index (χ1) is 9.02. The van der Waals surface area contributed by atoms with E-state index in [-0.39, 0.29) is 19.4 Å². The van der Waals surface area contributed by atoms with Gasteiger partial charge in [0.2, 0.25) is 6.10 Å². The molecule has 0 aliphatic carbocycles. The molecule has 3 nitrogen and oxygen atoms in total. The molecule has 0 fully saturated rings. The lowest BCUT2D eigenvalue weighted by Gasteiger charge is -2.31. The smallest absolute Gasteiger partial charge is 0.394 e. The van der Waals surface area contributed by atoms with Crippen LogP contribution < -0.4 is 5.32 Å². The summed E-state index contributed by atoms with van der Waals surface area (Å²) in [6.07, 6.45) is -14.1. The van der Waals surface area contributed by atoms with Crippen LogP contribution in [0.1, 0.15) is 26.2 Å². The molecule has 0 heterocycles. The summed E-state index contributed by atoms with van der Waals surface area (Å²) in [5.74, 6) is 0. The van der Waals surface area contributed by atoms with E-state index in [1.807, 2.05) is 0 Å². The number of rotatable bonds is 8. The van der Waals surface area contributed by atoms with E-state index in [2.05, 4.69) is 10.1 Å². The van der Waals surface area contributed by atoms with E-state index in [0.29, 0.717) is 6.42 Å². The number of halogens is 6. The van der Waals surface area contributed by atoms with Crippen LogP contribution in [-0.2, 0) is 4.74 Å². The van der Waals surface area contributed by atoms with Crippen LogP contribution >= 0.6 is 0 Å². The first-order valence-electron chi connectivity index (χ1n) is 6.07. The standard InChI is InChI=1S/C11H19F6NO2/c1-3-9(7-19,18-2)5-4-6-20-8(10(12,13)14)11(15,16)17/h8,18-19H,3-7H2,1-2H3. The third-order valence-electron chi connectivity index (χ3n) is 3.19. The molecule has 0 aliphatic rings. The number of alkyl halides is 6. The summed E-state index contributed by atoms with van der Waals surface area (Å²) in [7, 11) is 1.56. The average molecular weight is 311 g/mol. The van der Waals surface area contributed by atoms with Crippen molar-refractivity contribution in [3.63, 3.8) is 0 Å². The molecular weight excluding hydrogens is 292 g/mol. The Kier molecular flexibility index (Phi) is 7.26. The maximum atomic E-state index is 12.2. The van der Waals surface area contributed by atoms with Gasteiger partial charge in [0.05, 0.1) is 6.61 Å². The molecule has 0 spiro atoms. The second-order valence-electron chi connectivity index (χ2n) is 4.48. The van der Waals surface area contributed by atoms with Crippen molar-refractivity contribution < 1.29 is 36.2 Å². The minimum Gasteiger partial charge on any atom is -0.394 e. The zero-order chi connectivity index (χ0) is 16.0. The Morgan fingerprint density at radius 2 is 1.60 bits per heavy atom. The predicted molar refractivity (Wildman–Crippen MR) is 60.3 cm³/mol. The summed E-state index contributed by atoms with van der Waals surface area (Å²) in [5.41, 5.74) is -0.713. The quantitative estimate of drug-likeness (QED) is 0.535. The van der Waals surface area contributed by atoms with Crippen LogP contribution in [0.25, 0.3) is 0 Å². The maximum Gasteiger partial charge on any atom is 0.423 e. The van der Waals surface area contributed by atoms with E-state index >= 15 is 0 Å². The van der Waals surface area contributed by atoms with Gasteiger partial charge in [0.15, 0.2) is 0 Å². The molecule has 0 bridgehead atoms. The second kappa shape index (κ2) is 7.46. The highest BCUT2D eigenvalue weighted by Crippen LogP contribution is 2.35. The number of hydrogen-bond donors (Lipinski definition) is 2. The molecule has 1 unspecified atom stereocenters. The SMILES string of the molecule is CCC(CO)(CCCOC(C(F)(F)F)C(F)(F)F)NC. The first-order valence-corrected chi connectivity index (χ1v) is 6.07. The highest BCUT2D eigenvalue weighted by molar-refractivity contribution is 4.84. The van der Waals surface area contributed by atoms with E-state index < -0.39 is 30.6 Å². The van der Waals surface area contributed by atoms with Gasteiger partial charge in [0.1, 0.15) is 0 Å². The van der Waals surface area contributed by atoms with Crippen molar-refractivity contribution in [1.29, 1.82) is 0 Å². The van der Waals surface area contributed by atoms with Crippen LogP contribution in [0, 0.1) is 0 Å². The molecule has 2 N–H and O–H groups in total. The largest absolute Gasteiger partial charge is 0.423 e. The molecule has 0 saturated carbocycles. The van der Waals surface area contributed by atoms with E-state index in [1.165, 1.54) is 0 Å². The van der Waals surface area contributed by atoms with Crippen molar-refractivity contribution >= 4 is 0 Å². The fourth-order valence-corrected chi connectivity index (χ4v) is 1.73.